The van der Waals surface area contributed by atoms with E-state index in [1.54, 1.807) is 19.1 Å². The maximum Gasteiger partial charge on any atom is 0.309 e. The number of carboxylic acid groups (broad SMARTS) is 1. The van der Waals surface area contributed by atoms with Crippen LogP contribution < -0.4 is 0 Å². The van der Waals surface area contributed by atoms with Gasteiger partial charge in [-0.15, -0.1) is 0 Å². The zero-order valence-electron chi connectivity index (χ0n) is 10.4. The van der Waals surface area contributed by atoms with Gasteiger partial charge in [0, 0.05) is 6.07 Å². The molecule has 102 valence electrons. The molecule has 1 aromatic carbocycles. The Morgan fingerprint density at radius 3 is 2.68 bits per heavy atom. The molecular formula is C13H14BrNO4. The van der Waals surface area contributed by atoms with E-state index in [2.05, 4.69) is 15.9 Å². The molecule has 1 aliphatic carbocycles. The second kappa shape index (κ2) is 4.92. The Labute approximate surface area is 118 Å². The van der Waals surface area contributed by atoms with Crippen LogP contribution in [0.25, 0.3) is 0 Å². The molecule has 2 rings (SSSR count). The molecule has 0 amide bonds. The number of hydrogen-bond acceptors (Lipinski definition) is 3. The van der Waals surface area contributed by atoms with Crippen molar-refractivity contribution in [2.45, 2.75) is 26.2 Å². The maximum absolute atomic E-state index is 11.5. The van der Waals surface area contributed by atoms with Crippen LogP contribution in [0.1, 0.15) is 25.3 Å². The number of halogens is 1. The number of benzene rings is 1. The lowest BCUT2D eigenvalue weighted by molar-refractivity contribution is -0.385. The minimum absolute atomic E-state index is 0.0268. The topological polar surface area (TPSA) is 80.4 Å². The van der Waals surface area contributed by atoms with E-state index in [0.29, 0.717) is 16.5 Å². The van der Waals surface area contributed by atoms with Crippen LogP contribution in [0, 0.1) is 21.4 Å². The highest BCUT2D eigenvalue weighted by atomic mass is 79.9. The smallest absolute Gasteiger partial charge is 0.309 e. The average Bonchev–Trinajstić information content (AvgIpc) is 3.15. The predicted octanol–water partition coefficient (Wildman–Crippen LogP) is 3.40. The number of carbonyl (C=O) groups is 1. The fourth-order valence-electron chi connectivity index (χ4n) is 2.35. The fraction of sp³-hybridized carbons (Fsp3) is 0.462. The molecule has 6 heteroatoms. The zero-order chi connectivity index (χ0) is 14.2. The molecule has 0 spiro atoms. The van der Waals surface area contributed by atoms with Crippen molar-refractivity contribution < 1.29 is 14.8 Å². The van der Waals surface area contributed by atoms with Crippen molar-refractivity contribution in [1.29, 1.82) is 0 Å². The molecule has 1 fully saturated rings. The van der Waals surface area contributed by atoms with Gasteiger partial charge in [0.25, 0.3) is 5.69 Å². The lowest BCUT2D eigenvalue weighted by Gasteiger charge is -2.25. The van der Waals surface area contributed by atoms with E-state index in [-0.39, 0.29) is 11.6 Å². The first kappa shape index (κ1) is 14.0. The zero-order valence-corrected chi connectivity index (χ0v) is 12.0. The summed E-state index contributed by atoms with van der Waals surface area (Å²) in [4.78, 5) is 21.9. The number of nitro groups is 1. The number of aliphatic carboxylic acids is 1. The van der Waals surface area contributed by atoms with Crippen molar-refractivity contribution in [3.05, 3.63) is 38.3 Å². The molecule has 19 heavy (non-hydrogen) atoms. The molecule has 0 aliphatic heterocycles. The van der Waals surface area contributed by atoms with Crippen molar-refractivity contribution in [3.8, 4) is 0 Å². The van der Waals surface area contributed by atoms with E-state index in [0.717, 1.165) is 12.8 Å². The largest absolute Gasteiger partial charge is 0.481 e. The Kier molecular flexibility index (Phi) is 3.62. The fourth-order valence-corrected chi connectivity index (χ4v) is 2.90. The van der Waals surface area contributed by atoms with Crippen LogP contribution in [0.2, 0.25) is 0 Å². The first-order valence-electron chi connectivity index (χ1n) is 6.01. The van der Waals surface area contributed by atoms with Crippen LogP contribution >= 0.6 is 15.9 Å². The van der Waals surface area contributed by atoms with Crippen molar-refractivity contribution in [2.75, 3.05) is 0 Å². The monoisotopic (exact) mass is 327 g/mol. The highest BCUT2D eigenvalue weighted by Crippen LogP contribution is 2.48. The quantitative estimate of drug-likeness (QED) is 0.663. The molecule has 0 radical (unpaired) electrons. The Morgan fingerprint density at radius 2 is 2.21 bits per heavy atom. The molecule has 0 aromatic heterocycles. The van der Waals surface area contributed by atoms with Gasteiger partial charge in [-0.1, -0.05) is 12.1 Å². The van der Waals surface area contributed by atoms with Gasteiger partial charge in [-0.05, 0) is 53.6 Å². The second-order valence-electron chi connectivity index (χ2n) is 5.18. The third-order valence-electron chi connectivity index (χ3n) is 3.78. The van der Waals surface area contributed by atoms with Gasteiger partial charge >= 0.3 is 5.97 Å². The molecule has 1 aromatic rings. The molecule has 1 aliphatic rings. The molecule has 1 saturated carbocycles. The van der Waals surface area contributed by atoms with Gasteiger partial charge in [-0.2, -0.15) is 0 Å². The minimum Gasteiger partial charge on any atom is -0.481 e. The van der Waals surface area contributed by atoms with Crippen molar-refractivity contribution in [2.24, 2.45) is 11.3 Å². The molecule has 0 bridgehead atoms. The summed E-state index contributed by atoms with van der Waals surface area (Å²) in [5.74, 6) is -0.676. The molecule has 1 atom stereocenters. The van der Waals surface area contributed by atoms with Gasteiger partial charge < -0.3 is 5.11 Å². The van der Waals surface area contributed by atoms with Gasteiger partial charge in [0.05, 0.1) is 14.8 Å². The number of nitro benzene ring substituents is 1. The van der Waals surface area contributed by atoms with E-state index in [9.17, 15) is 20.0 Å². The molecule has 0 saturated heterocycles. The van der Waals surface area contributed by atoms with Gasteiger partial charge in [0.1, 0.15) is 0 Å². The van der Waals surface area contributed by atoms with Gasteiger partial charge in [-0.25, -0.2) is 0 Å². The average molecular weight is 328 g/mol. The molecule has 1 N–H and O–H groups in total. The predicted molar refractivity (Wildman–Crippen MR) is 73.0 cm³/mol. The highest BCUT2D eigenvalue weighted by molar-refractivity contribution is 9.10. The molecule has 0 heterocycles. The summed E-state index contributed by atoms with van der Waals surface area (Å²) in [6.45, 7) is 1.72. The van der Waals surface area contributed by atoms with E-state index in [1.165, 1.54) is 6.07 Å². The summed E-state index contributed by atoms with van der Waals surface area (Å²) in [5, 5.41) is 20.3. The van der Waals surface area contributed by atoms with Crippen molar-refractivity contribution in [3.63, 3.8) is 0 Å². The van der Waals surface area contributed by atoms with Crippen LogP contribution in [0.15, 0.2) is 22.7 Å². The number of nitrogens with zero attached hydrogens (tertiary/aromatic N) is 1. The number of carboxylic acids is 1. The summed E-state index contributed by atoms with van der Waals surface area (Å²) in [6, 6.07) is 4.73. The standard InChI is InChI=1S/C13H14BrNO4/c1-13(12(16)17,9-5-6-9)7-8-3-2-4-10(11(8)14)15(18)19/h2-4,9H,5-7H2,1H3,(H,16,17). The maximum atomic E-state index is 11.5. The van der Waals surface area contributed by atoms with E-state index in [1.807, 2.05) is 0 Å². The van der Waals surface area contributed by atoms with E-state index < -0.39 is 16.3 Å². The van der Waals surface area contributed by atoms with E-state index >= 15 is 0 Å². The van der Waals surface area contributed by atoms with Crippen LogP contribution in [-0.4, -0.2) is 16.0 Å². The Morgan fingerprint density at radius 1 is 1.58 bits per heavy atom. The number of rotatable bonds is 5. The summed E-state index contributed by atoms with van der Waals surface area (Å²) < 4.78 is 0.383. The SMILES string of the molecule is CC(Cc1cccc([N+](=O)[O-])c1Br)(C(=O)O)C1CC1. The third-order valence-corrected chi connectivity index (χ3v) is 4.70. The van der Waals surface area contributed by atoms with Gasteiger partial charge in [0.15, 0.2) is 0 Å². The van der Waals surface area contributed by atoms with Gasteiger partial charge in [-0.3, -0.25) is 14.9 Å². The van der Waals surface area contributed by atoms with Gasteiger partial charge in [0.2, 0.25) is 0 Å². The van der Waals surface area contributed by atoms with E-state index in [4.69, 9.17) is 0 Å². The number of hydrogen-bond donors (Lipinski definition) is 1. The Hall–Kier alpha value is -1.43. The van der Waals surface area contributed by atoms with Crippen LogP contribution in [0.4, 0.5) is 5.69 Å². The summed E-state index contributed by atoms with van der Waals surface area (Å²) in [5.41, 5.74) is -0.204. The van der Waals surface area contributed by atoms with Crippen LogP contribution in [0.5, 0.6) is 0 Å². The third kappa shape index (κ3) is 2.63. The summed E-state index contributed by atoms with van der Waals surface area (Å²) >= 11 is 3.22. The summed E-state index contributed by atoms with van der Waals surface area (Å²) in [6.07, 6.45) is 2.12. The first-order chi connectivity index (χ1) is 8.86. The van der Waals surface area contributed by atoms with Crippen molar-refractivity contribution >= 4 is 27.6 Å². The molecule has 1 unspecified atom stereocenters. The Bertz CT molecular complexity index is 541. The molecule has 5 nitrogen and oxygen atoms in total. The minimum atomic E-state index is -0.849. The highest BCUT2D eigenvalue weighted by Gasteiger charge is 2.47. The van der Waals surface area contributed by atoms with Crippen LogP contribution in [-0.2, 0) is 11.2 Å². The summed E-state index contributed by atoms with van der Waals surface area (Å²) in [7, 11) is 0. The van der Waals surface area contributed by atoms with Crippen molar-refractivity contribution in [1.82, 2.24) is 0 Å². The lowest BCUT2D eigenvalue weighted by Crippen LogP contribution is -2.32. The van der Waals surface area contributed by atoms with Crippen LogP contribution in [0.3, 0.4) is 0 Å². The lowest BCUT2D eigenvalue weighted by atomic mass is 9.79. The Balaban J connectivity index is 2.35. The normalized spacial score (nSPS) is 17.8. The first-order valence-corrected chi connectivity index (χ1v) is 6.80. The second-order valence-corrected chi connectivity index (χ2v) is 5.97. The molecular weight excluding hydrogens is 314 g/mol.